The number of nitrogens with one attached hydrogen (secondary N) is 1. The highest BCUT2D eigenvalue weighted by Gasteiger charge is 2.53. The molecule has 1 spiro atoms. The Morgan fingerprint density at radius 3 is 2.60 bits per heavy atom. The van der Waals surface area contributed by atoms with Crippen LogP contribution in [0.3, 0.4) is 0 Å². The summed E-state index contributed by atoms with van der Waals surface area (Å²) in [4.78, 5) is 26.5. The maximum atomic E-state index is 13.4. The number of nitrogens with zero attached hydrogens (tertiary/aromatic N) is 4. The van der Waals surface area contributed by atoms with Crippen LogP contribution in [-0.4, -0.2) is 37.4 Å². The molecule has 1 N–H and O–H groups in total. The summed E-state index contributed by atoms with van der Waals surface area (Å²) in [7, 11) is 1.88. The molecule has 4 heterocycles. The minimum absolute atomic E-state index is 0.00787. The average molecular weight is 399 g/mol. The van der Waals surface area contributed by atoms with Gasteiger partial charge in [-0.15, -0.1) is 0 Å². The standard InChI is InChI=1S/C23H18FN5O/c1-28-22(30)19-11-16(21-25-8-9-26-21)13-29(19)18-10-14(15-3-5-20(24)27-12-15)2-4-17(18)23(28)6-7-23/h2-5,8-13H,6-7H2,1H3,(H,25,26). The van der Waals surface area contributed by atoms with Gasteiger partial charge < -0.3 is 14.5 Å². The largest absolute Gasteiger partial charge is 0.345 e. The summed E-state index contributed by atoms with van der Waals surface area (Å²) in [5.41, 5.74) is 5.01. The number of aromatic amines is 1. The van der Waals surface area contributed by atoms with Crippen LogP contribution < -0.4 is 0 Å². The van der Waals surface area contributed by atoms with Crippen LogP contribution in [0.1, 0.15) is 28.9 Å². The number of halogens is 1. The summed E-state index contributed by atoms with van der Waals surface area (Å²) in [6.07, 6.45) is 8.82. The van der Waals surface area contributed by atoms with Crippen molar-refractivity contribution < 1.29 is 9.18 Å². The van der Waals surface area contributed by atoms with Crippen LogP contribution in [0.5, 0.6) is 0 Å². The molecule has 148 valence electrons. The molecule has 1 amide bonds. The van der Waals surface area contributed by atoms with E-state index in [1.165, 1.54) is 12.3 Å². The Balaban J connectivity index is 1.59. The van der Waals surface area contributed by atoms with E-state index in [4.69, 9.17) is 0 Å². The summed E-state index contributed by atoms with van der Waals surface area (Å²) in [5, 5.41) is 0. The molecule has 0 atom stereocenters. The molecular formula is C23H18FN5O. The summed E-state index contributed by atoms with van der Waals surface area (Å²) in [5.74, 6) is 0.201. The number of pyridine rings is 1. The second-order valence-corrected chi connectivity index (χ2v) is 7.92. The second-order valence-electron chi connectivity index (χ2n) is 7.92. The van der Waals surface area contributed by atoms with Gasteiger partial charge in [-0.3, -0.25) is 4.79 Å². The lowest BCUT2D eigenvalue weighted by Crippen LogP contribution is -2.36. The number of carbonyl (C=O) groups is 1. The van der Waals surface area contributed by atoms with E-state index in [-0.39, 0.29) is 11.4 Å². The minimum Gasteiger partial charge on any atom is -0.345 e. The smallest absolute Gasteiger partial charge is 0.271 e. The molecule has 0 radical (unpaired) electrons. The van der Waals surface area contributed by atoms with E-state index < -0.39 is 5.95 Å². The zero-order chi connectivity index (χ0) is 20.5. The molecule has 7 heteroatoms. The van der Waals surface area contributed by atoms with Crippen LogP contribution in [0.25, 0.3) is 28.2 Å². The number of hydrogen-bond acceptors (Lipinski definition) is 3. The molecule has 6 rings (SSSR count). The van der Waals surface area contributed by atoms with Gasteiger partial charge in [0, 0.05) is 48.5 Å². The molecule has 3 aromatic heterocycles. The zero-order valence-electron chi connectivity index (χ0n) is 16.3. The van der Waals surface area contributed by atoms with Crippen LogP contribution in [0.2, 0.25) is 0 Å². The summed E-state index contributed by atoms with van der Waals surface area (Å²) in [6, 6.07) is 11.1. The van der Waals surface area contributed by atoms with Crippen molar-refractivity contribution in [2.75, 3.05) is 7.05 Å². The van der Waals surface area contributed by atoms with E-state index in [1.54, 1.807) is 18.5 Å². The fourth-order valence-corrected chi connectivity index (χ4v) is 4.50. The van der Waals surface area contributed by atoms with E-state index in [0.29, 0.717) is 11.5 Å². The highest BCUT2D eigenvalue weighted by Crippen LogP contribution is 2.54. The number of aromatic nitrogens is 4. The third-order valence-electron chi connectivity index (χ3n) is 6.30. The van der Waals surface area contributed by atoms with Gasteiger partial charge in [0.25, 0.3) is 5.91 Å². The number of rotatable bonds is 2. The normalized spacial score (nSPS) is 16.3. The van der Waals surface area contributed by atoms with Gasteiger partial charge in [0.2, 0.25) is 5.95 Å². The SMILES string of the molecule is CN1C(=O)c2cc(-c3ncc[nH]3)cn2-c2cc(-c3ccc(F)nc3)ccc2C12CC2. The van der Waals surface area contributed by atoms with Crippen molar-refractivity contribution in [2.24, 2.45) is 0 Å². The number of amides is 1. The number of fused-ring (bicyclic) bond motifs is 4. The highest BCUT2D eigenvalue weighted by atomic mass is 19.1. The Morgan fingerprint density at radius 1 is 1.07 bits per heavy atom. The number of carbonyl (C=O) groups excluding carboxylic acids is 1. The first-order valence-corrected chi connectivity index (χ1v) is 9.84. The van der Waals surface area contributed by atoms with Crippen LogP contribution >= 0.6 is 0 Å². The Bertz CT molecular complexity index is 1290. The molecule has 30 heavy (non-hydrogen) atoms. The molecule has 0 saturated heterocycles. The van der Waals surface area contributed by atoms with Gasteiger partial charge in [-0.1, -0.05) is 12.1 Å². The average Bonchev–Trinajstić information content (AvgIpc) is 3.19. The molecule has 0 unspecified atom stereocenters. The van der Waals surface area contributed by atoms with E-state index >= 15 is 0 Å². The fourth-order valence-electron chi connectivity index (χ4n) is 4.50. The van der Waals surface area contributed by atoms with Gasteiger partial charge in [0.05, 0.1) is 11.2 Å². The van der Waals surface area contributed by atoms with Crippen molar-refractivity contribution in [1.29, 1.82) is 0 Å². The monoisotopic (exact) mass is 399 g/mol. The zero-order valence-corrected chi connectivity index (χ0v) is 16.3. The van der Waals surface area contributed by atoms with Crippen molar-refractivity contribution in [3.8, 4) is 28.2 Å². The molecule has 2 aliphatic rings. The third kappa shape index (κ3) is 2.32. The lowest BCUT2D eigenvalue weighted by Gasteiger charge is -2.27. The number of benzene rings is 1. The van der Waals surface area contributed by atoms with Crippen LogP contribution in [0.4, 0.5) is 4.39 Å². The van der Waals surface area contributed by atoms with Crippen molar-refractivity contribution >= 4 is 5.91 Å². The molecule has 4 aromatic rings. The van der Waals surface area contributed by atoms with Crippen LogP contribution in [0.15, 0.2) is 61.2 Å². The van der Waals surface area contributed by atoms with Gasteiger partial charge in [0.1, 0.15) is 11.5 Å². The van der Waals surface area contributed by atoms with Gasteiger partial charge in [0.15, 0.2) is 0 Å². The topological polar surface area (TPSA) is 66.8 Å². The molecule has 6 nitrogen and oxygen atoms in total. The first-order valence-electron chi connectivity index (χ1n) is 9.84. The highest BCUT2D eigenvalue weighted by molar-refractivity contribution is 5.97. The second kappa shape index (κ2) is 5.89. The van der Waals surface area contributed by atoms with Crippen LogP contribution in [0, 0.1) is 5.95 Å². The maximum absolute atomic E-state index is 13.4. The van der Waals surface area contributed by atoms with Crippen molar-refractivity contribution in [2.45, 2.75) is 18.4 Å². The van der Waals surface area contributed by atoms with Crippen molar-refractivity contribution in [3.63, 3.8) is 0 Å². The van der Waals surface area contributed by atoms with Gasteiger partial charge in [-0.25, -0.2) is 9.97 Å². The third-order valence-corrected chi connectivity index (χ3v) is 6.30. The first kappa shape index (κ1) is 17.1. The minimum atomic E-state index is -0.506. The quantitative estimate of drug-likeness (QED) is 0.515. The lowest BCUT2D eigenvalue weighted by molar-refractivity contribution is 0.0705. The van der Waals surface area contributed by atoms with E-state index in [0.717, 1.165) is 40.8 Å². The van der Waals surface area contributed by atoms with Crippen LogP contribution in [-0.2, 0) is 5.54 Å². The Labute approximate surface area is 172 Å². The van der Waals surface area contributed by atoms with Crippen molar-refractivity contribution in [1.82, 2.24) is 24.4 Å². The van der Waals surface area contributed by atoms with E-state index in [2.05, 4.69) is 27.1 Å². The molecular weight excluding hydrogens is 381 g/mol. The number of H-pyrrole nitrogens is 1. The predicted molar refractivity (Wildman–Crippen MR) is 110 cm³/mol. The Morgan fingerprint density at radius 2 is 1.90 bits per heavy atom. The number of hydrogen-bond donors (Lipinski definition) is 1. The summed E-state index contributed by atoms with van der Waals surface area (Å²) in [6.45, 7) is 0. The molecule has 1 aromatic carbocycles. The van der Waals surface area contributed by atoms with E-state index in [1.807, 2.05) is 34.8 Å². The maximum Gasteiger partial charge on any atom is 0.271 e. The molecule has 0 bridgehead atoms. The number of imidazole rings is 1. The molecule has 1 fully saturated rings. The van der Waals surface area contributed by atoms with Crippen molar-refractivity contribution in [3.05, 3.63) is 78.4 Å². The van der Waals surface area contributed by atoms with Gasteiger partial charge >= 0.3 is 0 Å². The summed E-state index contributed by atoms with van der Waals surface area (Å²) < 4.78 is 15.3. The summed E-state index contributed by atoms with van der Waals surface area (Å²) >= 11 is 0. The Kier molecular flexibility index (Phi) is 3.36. The van der Waals surface area contributed by atoms with Gasteiger partial charge in [-0.2, -0.15) is 4.39 Å². The Hall–Kier alpha value is -3.74. The lowest BCUT2D eigenvalue weighted by atomic mass is 9.97. The van der Waals surface area contributed by atoms with E-state index in [9.17, 15) is 9.18 Å². The fraction of sp³-hybridized carbons (Fsp3) is 0.174. The van der Waals surface area contributed by atoms with Gasteiger partial charge in [-0.05, 0) is 42.7 Å². The predicted octanol–water partition coefficient (Wildman–Crippen LogP) is 4.14. The molecule has 1 saturated carbocycles. The molecule has 1 aliphatic carbocycles. The first-order chi connectivity index (χ1) is 14.6. The molecule has 1 aliphatic heterocycles.